The minimum absolute atomic E-state index is 0.0645. The van der Waals surface area contributed by atoms with Crippen LogP contribution >= 0.6 is 0 Å². The Hall–Kier alpha value is -1.95. The molecule has 1 atom stereocenters. The first-order valence-electron chi connectivity index (χ1n) is 9.08. The summed E-state index contributed by atoms with van der Waals surface area (Å²) in [5.74, 6) is -0.154. The summed E-state index contributed by atoms with van der Waals surface area (Å²) in [6, 6.07) is 4.86. The van der Waals surface area contributed by atoms with E-state index in [0.717, 1.165) is 43.4 Å². The molecule has 1 aromatic carbocycles. The lowest BCUT2D eigenvalue weighted by atomic mass is 9.85. The van der Waals surface area contributed by atoms with Crippen molar-refractivity contribution < 1.29 is 14.0 Å². The van der Waals surface area contributed by atoms with Gasteiger partial charge < -0.3 is 0 Å². The summed E-state index contributed by atoms with van der Waals surface area (Å²) in [7, 11) is 0. The second-order valence-corrected chi connectivity index (χ2v) is 7.77. The average Bonchev–Trinajstić information content (AvgIpc) is 3.36. The standard InChI is InChI=1S/C19H24FN3O2/c1-13-3-6-16(20)9-15(13)11-22-8-2-7-19(12-22)10-17(24)21-23(19)18(25)14-4-5-14/h3,6,9,14H,2,4-5,7-8,10-12H2,1H3,(H,21,24). The molecule has 0 radical (unpaired) electrons. The summed E-state index contributed by atoms with van der Waals surface area (Å²) in [6.45, 7) is 4.18. The minimum Gasteiger partial charge on any atom is -0.297 e. The van der Waals surface area contributed by atoms with E-state index in [0.29, 0.717) is 19.5 Å². The van der Waals surface area contributed by atoms with Crippen molar-refractivity contribution in [3.63, 3.8) is 0 Å². The van der Waals surface area contributed by atoms with E-state index >= 15 is 0 Å². The van der Waals surface area contributed by atoms with Gasteiger partial charge in [0.1, 0.15) is 5.82 Å². The molecule has 2 saturated heterocycles. The molecule has 1 aliphatic carbocycles. The van der Waals surface area contributed by atoms with Gasteiger partial charge in [-0.2, -0.15) is 0 Å². The average molecular weight is 345 g/mol. The molecule has 2 heterocycles. The van der Waals surface area contributed by atoms with Crippen LogP contribution < -0.4 is 5.43 Å². The number of rotatable bonds is 3. The van der Waals surface area contributed by atoms with Crippen LogP contribution in [0.1, 0.15) is 43.2 Å². The van der Waals surface area contributed by atoms with Gasteiger partial charge in [0.2, 0.25) is 11.8 Å². The first kappa shape index (κ1) is 16.5. The third-order valence-corrected chi connectivity index (χ3v) is 5.69. The molecule has 1 spiro atoms. The Bertz CT molecular complexity index is 719. The maximum atomic E-state index is 13.6. The predicted molar refractivity (Wildman–Crippen MR) is 90.7 cm³/mol. The summed E-state index contributed by atoms with van der Waals surface area (Å²) >= 11 is 0. The first-order valence-corrected chi connectivity index (χ1v) is 9.08. The van der Waals surface area contributed by atoms with Crippen LogP contribution in [-0.4, -0.2) is 40.4 Å². The van der Waals surface area contributed by atoms with E-state index in [1.807, 2.05) is 6.92 Å². The fourth-order valence-electron chi connectivity index (χ4n) is 4.18. The number of halogens is 1. The van der Waals surface area contributed by atoms with Crippen molar-refractivity contribution in [3.8, 4) is 0 Å². The number of hydrogen-bond acceptors (Lipinski definition) is 3. The molecular weight excluding hydrogens is 321 g/mol. The molecule has 6 heteroatoms. The van der Waals surface area contributed by atoms with Crippen molar-refractivity contribution in [2.24, 2.45) is 5.92 Å². The SMILES string of the molecule is Cc1ccc(F)cc1CN1CCCC2(CC(=O)NN2C(=O)C2CC2)C1. The molecule has 1 unspecified atom stereocenters. The molecule has 1 saturated carbocycles. The Morgan fingerprint density at radius 2 is 2.20 bits per heavy atom. The Morgan fingerprint density at radius 3 is 2.96 bits per heavy atom. The number of carbonyl (C=O) groups is 2. The van der Waals surface area contributed by atoms with Gasteiger partial charge >= 0.3 is 0 Å². The molecule has 0 aromatic heterocycles. The molecular formula is C19H24FN3O2. The zero-order chi connectivity index (χ0) is 17.6. The Kier molecular flexibility index (Phi) is 4.02. The fourth-order valence-corrected chi connectivity index (χ4v) is 4.18. The molecule has 5 nitrogen and oxygen atoms in total. The van der Waals surface area contributed by atoms with E-state index in [9.17, 15) is 14.0 Å². The lowest BCUT2D eigenvalue weighted by molar-refractivity contribution is -0.144. The van der Waals surface area contributed by atoms with Gasteiger partial charge in [0.05, 0.1) is 12.0 Å². The number of hydrogen-bond donors (Lipinski definition) is 1. The highest BCUT2D eigenvalue weighted by molar-refractivity contribution is 5.89. The number of nitrogens with one attached hydrogen (secondary N) is 1. The maximum absolute atomic E-state index is 13.6. The number of aryl methyl sites for hydroxylation is 1. The monoisotopic (exact) mass is 345 g/mol. The van der Waals surface area contributed by atoms with E-state index in [1.165, 1.54) is 6.07 Å². The van der Waals surface area contributed by atoms with Crippen LogP contribution in [0.2, 0.25) is 0 Å². The zero-order valence-electron chi connectivity index (χ0n) is 14.6. The highest BCUT2D eigenvalue weighted by Crippen LogP contribution is 2.39. The molecule has 2 amide bonds. The summed E-state index contributed by atoms with van der Waals surface area (Å²) in [5, 5.41) is 1.64. The Labute approximate surface area is 147 Å². The minimum atomic E-state index is -0.448. The number of piperidine rings is 1. The number of carbonyl (C=O) groups excluding carboxylic acids is 2. The van der Waals surface area contributed by atoms with Crippen molar-refractivity contribution >= 4 is 11.8 Å². The quantitative estimate of drug-likeness (QED) is 0.913. The summed E-state index contributed by atoms with van der Waals surface area (Å²) < 4.78 is 13.6. The van der Waals surface area contributed by atoms with Gasteiger partial charge in [-0.25, -0.2) is 9.40 Å². The van der Waals surface area contributed by atoms with E-state index in [2.05, 4.69) is 10.3 Å². The van der Waals surface area contributed by atoms with E-state index in [-0.39, 0.29) is 23.5 Å². The summed E-state index contributed by atoms with van der Waals surface area (Å²) in [4.78, 5) is 26.9. The molecule has 25 heavy (non-hydrogen) atoms. The van der Waals surface area contributed by atoms with Crippen molar-refractivity contribution in [2.45, 2.75) is 51.1 Å². The van der Waals surface area contributed by atoms with Crippen molar-refractivity contribution in [1.29, 1.82) is 0 Å². The van der Waals surface area contributed by atoms with Crippen LogP contribution in [0.5, 0.6) is 0 Å². The number of hydrazine groups is 1. The lowest BCUT2D eigenvalue weighted by Gasteiger charge is -2.44. The predicted octanol–water partition coefficient (Wildman–Crippen LogP) is 2.14. The normalized spacial score (nSPS) is 27.0. The molecule has 3 fully saturated rings. The largest absolute Gasteiger partial charge is 0.297 e. The molecule has 2 aliphatic heterocycles. The van der Waals surface area contributed by atoms with Crippen LogP contribution in [-0.2, 0) is 16.1 Å². The smallest absolute Gasteiger partial charge is 0.244 e. The lowest BCUT2D eigenvalue weighted by Crippen LogP contribution is -2.59. The molecule has 134 valence electrons. The maximum Gasteiger partial charge on any atom is 0.244 e. The highest BCUT2D eigenvalue weighted by atomic mass is 19.1. The fraction of sp³-hybridized carbons (Fsp3) is 0.579. The van der Waals surface area contributed by atoms with E-state index < -0.39 is 5.54 Å². The van der Waals surface area contributed by atoms with Crippen LogP contribution in [0.15, 0.2) is 18.2 Å². The van der Waals surface area contributed by atoms with Crippen LogP contribution in [0.3, 0.4) is 0 Å². The van der Waals surface area contributed by atoms with Gasteiger partial charge in [-0.05, 0) is 62.4 Å². The van der Waals surface area contributed by atoms with Crippen molar-refractivity contribution in [1.82, 2.24) is 15.3 Å². The van der Waals surface area contributed by atoms with Gasteiger partial charge in [0, 0.05) is 19.0 Å². The number of amides is 2. The second kappa shape index (κ2) is 6.09. The van der Waals surface area contributed by atoms with Crippen molar-refractivity contribution in [3.05, 3.63) is 35.1 Å². The van der Waals surface area contributed by atoms with Gasteiger partial charge in [-0.1, -0.05) is 6.07 Å². The number of nitrogens with zero attached hydrogens (tertiary/aromatic N) is 2. The third-order valence-electron chi connectivity index (χ3n) is 5.69. The van der Waals surface area contributed by atoms with Crippen LogP contribution in [0, 0.1) is 18.7 Å². The van der Waals surface area contributed by atoms with Crippen molar-refractivity contribution in [2.75, 3.05) is 13.1 Å². The number of benzene rings is 1. The molecule has 1 N–H and O–H groups in total. The molecule has 0 bridgehead atoms. The van der Waals surface area contributed by atoms with Gasteiger partial charge in [0.25, 0.3) is 0 Å². The third kappa shape index (κ3) is 3.15. The molecule has 4 rings (SSSR count). The molecule has 3 aliphatic rings. The molecule has 1 aromatic rings. The van der Waals surface area contributed by atoms with Gasteiger partial charge in [-0.3, -0.25) is 19.9 Å². The zero-order valence-corrected chi connectivity index (χ0v) is 14.6. The Balaban J connectivity index is 1.54. The topological polar surface area (TPSA) is 52.7 Å². The van der Waals surface area contributed by atoms with Crippen LogP contribution in [0.4, 0.5) is 4.39 Å². The first-order chi connectivity index (χ1) is 12.0. The van der Waals surface area contributed by atoms with E-state index in [4.69, 9.17) is 0 Å². The van der Waals surface area contributed by atoms with E-state index in [1.54, 1.807) is 17.1 Å². The van der Waals surface area contributed by atoms with Gasteiger partial charge in [0.15, 0.2) is 0 Å². The highest BCUT2D eigenvalue weighted by Gasteiger charge is 2.52. The van der Waals surface area contributed by atoms with Crippen LogP contribution in [0.25, 0.3) is 0 Å². The number of likely N-dealkylation sites (tertiary alicyclic amines) is 1. The second-order valence-electron chi connectivity index (χ2n) is 7.77. The summed E-state index contributed by atoms with van der Waals surface area (Å²) in [5.41, 5.74) is 4.38. The van der Waals surface area contributed by atoms with Gasteiger partial charge in [-0.15, -0.1) is 0 Å². The summed E-state index contributed by atoms with van der Waals surface area (Å²) in [6.07, 6.45) is 3.98. The Morgan fingerprint density at radius 1 is 1.40 bits per heavy atom.